The van der Waals surface area contributed by atoms with Crippen molar-refractivity contribution in [3.8, 4) is 6.07 Å². The first-order valence-electron chi connectivity index (χ1n) is 6.23. The molecule has 0 saturated carbocycles. The minimum atomic E-state index is -0.713. The van der Waals surface area contributed by atoms with Crippen molar-refractivity contribution in [2.24, 2.45) is 0 Å². The summed E-state index contributed by atoms with van der Waals surface area (Å²) in [6, 6.07) is 7.41. The van der Waals surface area contributed by atoms with Crippen LogP contribution in [0.1, 0.15) is 11.1 Å². The number of benzene rings is 1. The fourth-order valence-corrected chi connectivity index (χ4v) is 2.01. The molecule has 7 heteroatoms. The normalized spacial score (nSPS) is 17.3. The minimum absolute atomic E-state index is 0.300. The van der Waals surface area contributed by atoms with E-state index in [4.69, 9.17) is 5.26 Å². The second-order valence-corrected chi connectivity index (χ2v) is 4.52. The van der Waals surface area contributed by atoms with Gasteiger partial charge in [0.15, 0.2) is 0 Å². The number of amides is 3. The predicted molar refractivity (Wildman–Crippen MR) is 70.9 cm³/mol. The molecule has 0 aliphatic carbocycles. The van der Waals surface area contributed by atoms with Gasteiger partial charge in [0.05, 0.1) is 18.7 Å². The summed E-state index contributed by atoms with van der Waals surface area (Å²) in [6.45, 7) is -0.398. The topological polar surface area (TPSA) is 99.5 Å². The fourth-order valence-electron chi connectivity index (χ4n) is 2.01. The number of hydrogen-bond acceptors (Lipinski definition) is 5. The highest BCUT2D eigenvalue weighted by Crippen LogP contribution is 2.13. The summed E-state index contributed by atoms with van der Waals surface area (Å²) in [7, 11) is 1.19. The number of carbonyl (C=O) groups is 3. The summed E-state index contributed by atoms with van der Waals surface area (Å²) in [5.74, 6) is -1.12. The van der Waals surface area contributed by atoms with Crippen molar-refractivity contribution < 1.29 is 19.1 Å². The lowest BCUT2D eigenvalue weighted by molar-refractivity contribution is -0.144. The number of nitrogens with one attached hydrogen (secondary N) is 1. The number of carbonyl (C=O) groups excluding carboxylic acids is 3. The summed E-state index contributed by atoms with van der Waals surface area (Å²) < 4.78 is 4.44. The molecule has 1 atom stereocenters. The minimum Gasteiger partial charge on any atom is -0.468 e. The summed E-state index contributed by atoms with van der Waals surface area (Å²) in [4.78, 5) is 35.8. The summed E-state index contributed by atoms with van der Waals surface area (Å²) >= 11 is 0. The van der Waals surface area contributed by atoms with Crippen LogP contribution in [-0.4, -0.2) is 42.5 Å². The van der Waals surface area contributed by atoms with E-state index >= 15 is 0 Å². The lowest BCUT2D eigenvalue weighted by Crippen LogP contribution is -2.36. The van der Waals surface area contributed by atoms with Gasteiger partial charge in [0, 0.05) is 6.42 Å². The lowest BCUT2D eigenvalue weighted by Gasteiger charge is -2.11. The van der Waals surface area contributed by atoms with Gasteiger partial charge in [0.1, 0.15) is 12.6 Å². The molecule has 1 heterocycles. The Morgan fingerprint density at radius 2 is 2.05 bits per heavy atom. The molecule has 1 saturated heterocycles. The second-order valence-electron chi connectivity index (χ2n) is 4.52. The zero-order valence-corrected chi connectivity index (χ0v) is 11.3. The molecule has 0 spiro atoms. The molecule has 2 rings (SSSR count). The van der Waals surface area contributed by atoms with E-state index in [1.54, 1.807) is 24.3 Å². The van der Waals surface area contributed by atoms with E-state index in [9.17, 15) is 14.4 Å². The molecule has 21 heavy (non-hydrogen) atoms. The Kier molecular flexibility index (Phi) is 4.18. The van der Waals surface area contributed by atoms with E-state index in [1.165, 1.54) is 7.11 Å². The smallest absolute Gasteiger partial charge is 0.325 e. The Balaban J connectivity index is 2.05. The standard InChI is InChI=1S/C14H13N3O4/c1-21-12(18)8-17-13(19)11(16-14(17)20)6-9-2-4-10(7-15)5-3-9/h2-5,11H,6,8H2,1H3,(H,16,20). The van der Waals surface area contributed by atoms with Crippen LogP contribution in [0.2, 0.25) is 0 Å². The van der Waals surface area contributed by atoms with Crippen LogP contribution in [-0.2, 0) is 20.7 Å². The van der Waals surface area contributed by atoms with Gasteiger partial charge < -0.3 is 10.1 Å². The third kappa shape index (κ3) is 3.17. The van der Waals surface area contributed by atoms with E-state index in [0.717, 1.165) is 10.5 Å². The molecule has 1 fully saturated rings. The van der Waals surface area contributed by atoms with Gasteiger partial charge in [-0.25, -0.2) is 4.79 Å². The van der Waals surface area contributed by atoms with Crippen molar-refractivity contribution in [1.82, 2.24) is 10.2 Å². The number of ether oxygens (including phenoxy) is 1. The number of esters is 1. The van der Waals surface area contributed by atoms with E-state index in [1.807, 2.05) is 6.07 Å². The van der Waals surface area contributed by atoms with Gasteiger partial charge in [-0.3, -0.25) is 14.5 Å². The number of urea groups is 1. The van der Waals surface area contributed by atoms with Gasteiger partial charge in [-0.05, 0) is 17.7 Å². The Morgan fingerprint density at radius 1 is 1.38 bits per heavy atom. The molecule has 1 aliphatic rings. The van der Waals surface area contributed by atoms with E-state index < -0.39 is 30.5 Å². The molecular formula is C14H13N3O4. The number of nitrogens with zero attached hydrogens (tertiary/aromatic N) is 2. The van der Waals surface area contributed by atoms with Gasteiger partial charge in [0.25, 0.3) is 5.91 Å². The van der Waals surface area contributed by atoms with Crippen molar-refractivity contribution in [3.05, 3.63) is 35.4 Å². The van der Waals surface area contributed by atoms with Gasteiger partial charge >= 0.3 is 12.0 Å². The number of hydrogen-bond donors (Lipinski definition) is 1. The van der Waals surface area contributed by atoms with Crippen LogP contribution in [0, 0.1) is 11.3 Å². The molecule has 0 bridgehead atoms. The van der Waals surface area contributed by atoms with Gasteiger partial charge in [0.2, 0.25) is 0 Å². The summed E-state index contributed by atoms with van der Waals surface area (Å²) in [5, 5.41) is 11.2. The first-order chi connectivity index (χ1) is 10.0. The van der Waals surface area contributed by atoms with Crippen LogP contribution in [0.25, 0.3) is 0 Å². The zero-order chi connectivity index (χ0) is 15.4. The molecule has 1 aromatic carbocycles. The Labute approximate surface area is 121 Å². The molecule has 1 aromatic rings. The van der Waals surface area contributed by atoms with Crippen molar-refractivity contribution in [2.45, 2.75) is 12.5 Å². The molecule has 0 aromatic heterocycles. The Hall–Kier alpha value is -2.88. The lowest BCUT2D eigenvalue weighted by atomic mass is 10.0. The highest BCUT2D eigenvalue weighted by Gasteiger charge is 2.39. The number of methoxy groups -OCH3 is 1. The van der Waals surface area contributed by atoms with Crippen LogP contribution in [0.4, 0.5) is 4.79 Å². The van der Waals surface area contributed by atoms with Crippen LogP contribution in [0.3, 0.4) is 0 Å². The quantitative estimate of drug-likeness (QED) is 0.629. The molecule has 108 valence electrons. The first kappa shape index (κ1) is 14.5. The van der Waals surface area contributed by atoms with E-state index in [0.29, 0.717) is 12.0 Å². The maximum Gasteiger partial charge on any atom is 0.325 e. The van der Waals surface area contributed by atoms with Crippen LogP contribution in [0.5, 0.6) is 0 Å². The number of rotatable bonds is 4. The zero-order valence-electron chi connectivity index (χ0n) is 11.3. The SMILES string of the molecule is COC(=O)CN1C(=O)NC(Cc2ccc(C#N)cc2)C1=O. The predicted octanol–water partition coefficient (Wildman–Crippen LogP) is 0.194. The van der Waals surface area contributed by atoms with Gasteiger partial charge in [-0.1, -0.05) is 12.1 Å². The second kappa shape index (κ2) is 6.05. The van der Waals surface area contributed by atoms with Gasteiger partial charge in [-0.15, -0.1) is 0 Å². The first-order valence-corrected chi connectivity index (χ1v) is 6.23. The number of imide groups is 1. The summed E-state index contributed by atoms with van der Waals surface area (Å²) in [5.41, 5.74) is 1.33. The molecule has 1 aliphatic heterocycles. The molecule has 3 amide bonds. The average molecular weight is 287 g/mol. The van der Waals surface area contributed by atoms with Crippen molar-refractivity contribution in [2.75, 3.05) is 13.7 Å². The largest absolute Gasteiger partial charge is 0.468 e. The van der Waals surface area contributed by atoms with Crippen LogP contribution < -0.4 is 5.32 Å². The van der Waals surface area contributed by atoms with Crippen molar-refractivity contribution >= 4 is 17.9 Å². The van der Waals surface area contributed by atoms with Crippen LogP contribution in [0.15, 0.2) is 24.3 Å². The third-order valence-corrected chi connectivity index (χ3v) is 3.14. The molecule has 7 nitrogen and oxygen atoms in total. The summed E-state index contributed by atoms with van der Waals surface area (Å²) in [6.07, 6.45) is 0.300. The maximum absolute atomic E-state index is 12.1. The van der Waals surface area contributed by atoms with E-state index in [2.05, 4.69) is 10.1 Å². The highest BCUT2D eigenvalue weighted by atomic mass is 16.5. The molecule has 1 unspecified atom stereocenters. The molecule has 0 radical (unpaired) electrons. The fraction of sp³-hybridized carbons (Fsp3) is 0.286. The van der Waals surface area contributed by atoms with Crippen molar-refractivity contribution in [3.63, 3.8) is 0 Å². The molecular weight excluding hydrogens is 274 g/mol. The monoisotopic (exact) mass is 287 g/mol. The third-order valence-electron chi connectivity index (χ3n) is 3.14. The highest BCUT2D eigenvalue weighted by molar-refractivity contribution is 6.06. The Morgan fingerprint density at radius 3 is 2.62 bits per heavy atom. The maximum atomic E-state index is 12.1. The average Bonchev–Trinajstić information content (AvgIpc) is 2.75. The Bertz CT molecular complexity index is 618. The van der Waals surface area contributed by atoms with E-state index in [-0.39, 0.29) is 0 Å². The van der Waals surface area contributed by atoms with Crippen LogP contribution >= 0.6 is 0 Å². The van der Waals surface area contributed by atoms with Crippen molar-refractivity contribution in [1.29, 1.82) is 5.26 Å². The van der Waals surface area contributed by atoms with Gasteiger partial charge in [-0.2, -0.15) is 5.26 Å². The molecule has 1 N–H and O–H groups in total. The number of nitriles is 1.